The molecule has 0 spiro atoms. The zero-order chi connectivity index (χ0) is 15.3. The van der Waals surface area contributed by atoms with E-state index in [0.29, 0.717) is 0 Å². The number of Topliss-reactive ketones (excluding diaryl/α,β-unsaturated/α-hetero) is 1. The molecule has 0 amide bonds. The Morgan fingerprint density at radius 2 is 1.95 bits per heavy atom. The van der Waals surface area contributed by atoms with E-state index in [4.69, 9.17) is 5.73 Å². The molecule has 1 aromatic carbocycles. The van der Waals surface area contributed by atoms with Gasteiger partial charge in [-0.3, -0.25) is 4.79 Å². The lowest BCUT2D eigenvalue weighted by Gasteiger charge is -2.12. The fraction of sp³-hybridized carbons (Fsp3) is 0.417. The molecule has 0 saturated carbocycles. The molecule has 0 aliphatic heterocycles. The first-order valence-corrected chi connectivity index (χ1v) is 7.42. The number of halogens is 2. The number of benzene rings is 1. The van der Waals surface area contributed by atoms with E-state index in [1.54, 1.807) is 0 Å². The first-order valence-electron chi connectivity index (χ1n) is 5.76. The standard InChI is InChI=1S/C12H15F2NO4S/c1-8(16)9(15)6-7-20(17,18)11-5-3-2-4-10(11)19-12(13)14/h2-5,9,12H,6-7,15H2,1H3/t9-/m0/s1. The SMILES string of the molecule is CC(=O)[C@@H](N)CCS(=O)(=O)c1ccccc1OC(F)F. The van der Waals surface area contributed by atoms with Gasteiger partial charge in [0, 0.05) is 0 Å². The van der Waals surface area contributed by atoms with Crippen molar-refractivity contribution in [1.29, 1.82) is 0 Å². The zero-order valence-corrected chi connectivity index (χ0v) is 11.6. The third-order valence-electron chi connectivity index (χ3n) is 2.62. The monoisotopic (exact) mass is 307 g/mol. The quantitative estimate of drug-likeness (QED) is 0.822. The van der Waals surface area contributed by atoms with Crippen molar-refractivity contribution in [2.24, 2.45) is 5.73 Å². The van der Waals surface area contributed by atoms with E-state index in [1.807, 2.05) is 0 Å². The molecule has 0 saturated heterocycles. The Morgan fingerprint density at radius 3 is 2.50 bits per heavy atom. The van der Waals surface area contributed by atoms with Crippen molar-refractivity contribution >= 4 is 15.6 Å². The lowest BCUT2D eigenvalue weighted by atomic mass is 10.2. The highest BCUT2D eigenvalue weighted by molar-refractivity contribution is 7.91. The molecule has 8 heteroatoms. The Hall–Kier alpha value is -1.54. The molecular formula is C12H15F2NO4S. The van der Waals surface area contributed by atoms with Crippen molar-refractivity contribution in [3.8, 4) is 5.75 Å². The number of para-hydroxylation sites is 1. The normalized spacial score (nSPS) is 13.2. The number of ketones is 1. The molecule has 1 rings (SSSR count). The Balaban J connectivity index is 2.95. The predicted octanol–water partition coefficient (Wildman–Crippen LogP) is 1.37. The summed E-state index contributed by atoms with van der Waals surface area (Å²) in [5.74, 6) is -1.17. The van der Waals surface area contributed by atoms with Crippen LogP contribution in [-0.4, -0.2) is 32.6 Å². The number of rotatable bonds is 7. The summed E-state index contributed by atoms with van der Waals surface area (Å²) in [5.41, 5.74) is 5.46. The molecule has 5 nitrogen and oxygen atoms in total. The van der Waals surface area contributed by atoms with Crippen molar-refractivity contribution in [3.63, 3.8) is 0 Å². The molecule has 0 fully saturated rings. The van der Waals surface area contributed by atoms with Gasteiger partial charge in [-0.05, 0) is 25.5 Å². The molecule has 2 N–H and O–H groups in total. The van der Waals surface area contributed by atoms with E-state index in [9.17, 15) is 22.0 Å². The summed E-state index contributed by atoms with van der Waals surface area (Å²) in [7, 11) is -3.86. The maximum atomic E-state index is 12.2. The summed E-state index contributed by atoms with van der Waals surface area (Å²) in [6.45, 7) is -1.86. The van der Waals surface area contributed by atoms with E-state index in [0.717, 1.165) is 6.07 Å². The van der Waals surface area contributed by atoms with Gasteiger partial charge in [0.2, 0.25) is 0 Å². The van der Waals surface area contributed by atoms with Crippen LogP contribution in [0.25, 0.3) is 0 Å². The molecule has 20 heavy (non-hydrogen) atoms. The Labute approximate surface area is 115 Å². The van der Waals surface area contributed by atoms with Crippen LogP contribution >= 0.6 is 0 Å². The summed E-state index contributed by atoms with van der Waals surface area (Å²) < 4.78 is 52.8. The molecule has 1 atom stereocenters. The van der Waals surface area contributed by atoms with Crippen LogP contribution in [0.4, 0.5) is 8.78 Å². The smallest absolute Gasteiger partial charge is 0.387 e. The Bertz CT molecular complexity index is 575. The summed E-state index contributed by atoms with van der Waals surface area (Å²) in [6.07, 6.45) is -0.0827. The lowest BCUT2D eigenvalue weighted by molar-refractivity contribution is -0.118. The van der Waals surface area contributed by atoms with E-state index in [-0.39, 0.29) is 17.1 Å². The third kappa shape index (κ3) is 4.53. The molecule has 0 radical (unpaired) electrons. The number of sulfone groups is 1. The fourth-order valence-electron chi connectivity index (χ4n) is 1.50. The Kier molecular flexibility index (Phi) is 5.58. The number of nitrogens with two attached hydrogens (primary N) is 1. The van der Waals surface area contributed by atoms with E-state index >= 15 is 0 Å². The van der Waals surface area contributed by atoms with Gasteiger partial charge in [0.1, 0.15) is 16.4 Å². The van der Waals surface area contributed by atoms with Crippen LogP contribution in [0.15, 0.2) is 29.2 Å². The molecule has 0 aliphatic rings. The summed E-state index contributed by atoms with van der Waals surface area (Å²) in [6, 6.07) is 4.21. The number of carbonyl (C=O) groups is 1. The highest BCUT2D eigenvalue weighted by Gasteiger charge is 2.23. The lowest BCUT2D eigenvalue weighted by Crippen LogP contribution is -2.30. The first kappa shape index (κ1) is 16.5. The van der Waals surface area contributed by atoms with Gasteiger partial charge >= 0.3 is 6.61 Å². The number of ether oxygens (including phenoxy) is 1. The van der Waals surface area contributed by atoms with Gasteiger partial charge in [-0.25, -0.2) is 8.42 Å². The van der Waals surface area contributed by atoms with Gasteiger partial charge in [0.15, 0.2) is 9.84 Å². The average molecular weight is 307 g/mol. The minimum Gasteiger partial charge on any atom is -0.433 e. The van der Waals surface area contributed by atoms with Gasteiger partial charge in [-0.15, -0.1) is 0 Å². The summed E-state index contributed by atoms with van der Waals surface area (Å²) in [5, 5.41) is 0. The van der Waals surface area contributed by atoms with Crippen molar-refractivity contribution in [2.45, 2.75) is 30.9 Å². The van der Waals surface area contributed by atoms with Crippen LogP contribution in [0.2, 0.25) is 0 Å². The van der Waals surface area contributed by atoms with Gasteiger partial charge in [0.25, 0.3) is 0 Å². The maximum Gasteiger partial charge on any atom is 0.387 e. The van der Waals surface area contributed by atoms with Gasteiger partial charge in [0.05, 0.1) is 11.8 Å². The van der Waals surface area contributed by atoms with Crippen LogP contribution in [0.3, 0.4) is 0 Å². The van der Waals surface area contributed by atoms with Crippen molar-refractivity contribution in [2.75, 3.05) is 5.75 Å². The molecular weight excluding hydrogens is 292 g/mol. The zero-order valence-electron chi connectivity index (χ0n) is 10.8. The second-order valence-corrected chi connectivity index (χ2v) is 6.23. The predicted molar refractivity (Wildman–Crippen MR) is 68.4 cm³/mol. The Morgan fingerprint density at radius 1 is 1.35 bits per heavy atom. The maximum absolute atomic E-state index is 12.2. The molecule has 0 aliphatic carbocycles. The van der Waals surface area contributed by atoms with E-state index < -0.39 is 34.0 Å². The minimum absolute atomic E-state index is 0.0827. The van der Waals surface area contributed by atoms with Crippen LogP contribution in [0, 0.1) is 0 Å². The number of carbonyl (C=O) groups excluding carboxylic acids is 1. The minimum atomic E-state index is -3.86. The summed E-state index contributed by atoms with van der Waals surface area (Å²) in [4.78, 5) is 10.6. The molecule has 112 valence electrons. The van der Waals surface area contributed by atoms with Crippen LogP contribution in [-0.2, 0) is 14.6 Å². The van der Waals surface area contributed by atoms with Crippen molar-refractivity contribution in [1.82, 2.24) is 0 Å². The van der Waals surface area contributed by atoms with Crippen LogP contribution in [0.1, 0.15) is 13.3 Å². The third-order valence-corrected chi connectivity index (χ3v) is 4.40. The van der Waals surface area contributed by atoms with Crippen LogP contribution < -0.4 is 10.5 Å². The number of alkyl halides is 2. The highest BCUT2D eigenvalue weighted by Crippen LogP contribution is 2.26. The molecule has 1 aromatic rings. The van der Waals surface area contributed by atoms with Crippen molar-refractivity contribution < 1.29 is 26.7 Å². The van der Waals surface area contributed by atoms with Crippen LogP contribution in [0.5, 0.6) is 5.75 Å². The second kappa shape index (κ2) is 6.76. The second-order valence-electron chi connectivity index (χ2n) is 4.15. The summed E-state index contributed by atoms with van der Waals surface area (Å²) >= 11 is 0. The topological polar surface area (TPSA) is 86.5 Å². The van der Waals surface area contributed by atoms with E-state index in [1.165, 1.54) is 25.1 Å². The van der Waals surface area contributed by atoms with Gasteiger partial charge in [-0.1, -0.05) is 12.1 Å². The van der Waals surface area contributed by atoms with Crippen molar-refractivity contribution in [3.05, 3.63) is 24.3 Å². The van der Waals surface area contributed by atoms with Gasteiger partial charge < -0.3 is 10.5 Å². The molecule has 0 bridgehead atoms. The highest BCUT2D eigenvalue weighted by atomic mass is 32.2. The number of hydrogen-bond donors (Lipinski definition) is 1. The van der Waals surface area contributed by atoms with Gasteiger partial charge in [-0.2, -0.15) is 8.78 Å². The largest absolute Gasteiger partial charge is 0.433 e. The molecule has 0 unspecified atom stereocenters. The number of hydrogen-bond acceptors (Lipinski definition) is 5. The molecule has 0 aromatic heterocycles. The van der Waals surface area contributed by atoms with E-state index in [2.05, 4.69) is 4.74 Å². The first-order chi connectivity index (χ1) is 9.24. The average Bonchev–Trinajstić information content (AvgIpc) is 2.35. The fourth-order valence-corrected chi connectivity index (χ4v) is 2.99. The molecule has 0 heterocycles.